The number of aliphatic hydroxyl groups excluding tert-OH is 1. The van der Waals surface area contributed by atoms with E-state index in [1.807, 2.05) is 13.8 Å². The topological polar surface area (TPSA) is 93.9 Å². The number of hydrogen-bond acceptors (Lipinski definition) is 6. The number of nitrogens with one attached hydrogen (secondary N) is 1. The highest BCUT2D eigenvalue weighted by Crippen LogP contribution is 2.20. The fourth-order valence-corrected chi connectivity index (χ4v) is 1.89. The molecule has 2 heterocycles. The summed E-state index contributed by atoms with van der Waals surface area (Å²) < 4.78 is 21.0. The average Bonchev–Trinajstić information content (AvgIpc) is 2.95. The summed E-state index contributed by atoms with van der Waals surface area (Å²) in [6.07, 6.45) is 0.575. The predicted octanol–water partition coefficient (Wildman–Crippen LogP) is 3.01. The lowest BCUT2D eigenvalue weighted by atomic mass is 10.2. The van der Waals surface area contributed by atoms with Gasteiger partial charge < -0.3 is 24.0 Å². The van der Waals surface area contributed by atoms with Crippen LogP contribution in [0, 0.1) is 5.92 Å². The van der Waals surface area contributed by atoms with E-state index in [1.165, 1.54) is 6.26 Å². The maximum absolute atomic E-state index is 12.2. The lowest BCUT2D eigenvalue weighted by Crippen LogP contribution is -2.36. The number of ether oxygens (including phenoxy) is 3. The highest BCUT2D eigenvalue weighted by atomic mass is 16.8. The molecule has 0 spiro atoms. The van der Waals surface area contributed by atoms with Crippen molar-refractivity contribution in [3.8, 4) is 0 Å². The number of aromatic amines is 1. The number of rotatable bonds is 6. The summed E-state index contributed by atoms with van der Waals surface area (Å²) in [5.74, 6) is -0.770. The Bertz CT molecular complexity index is 622. The van der Waals surface area contributed by atoms with Crippen molar-refractivity contribution in [1.82, 2.24) is 4.98 Å². The van der Waals surface area contributed by atoms with Crippen molar-refractivity contribution < 1.29 is 28.5 Å². The van der Waals surface area contributed by atoms with Gasteiger partial charge in [-0.25, -0.2) is 4.79 Å². The zero-order valence-corrected chi connectivity index (χ0v) is 14.0. The number of aromatic nitrogens is 1. The summed E-state index contributed by atoms with van der Waals surface area (Å²) >= 11 is 0. The van der Waals surface area contributed by atoms with Crippen LogP contribution in [0.25, 0.3) is 11.1 Å². The van der Waals surface area contributed by atoms with E-state index in [0.717, 1.165) is 0 Å². The van der Waals surface area contributed by atoms with E-state index in [9.17, 15) is 9.90 Å². The number of aliphatic hydroxyl groups is 1. The second kappa shape index (κ2) is 6.74. The Kier molecular flexibility index (Phi) is 5.13. The third kappa shape index (κ3) is 4.82. The van der Waals surface area contributed by atoms with Crippen LogP contribution < -0.4 is 0 Å². The third-order valence-electron chi connectivity index (χ3n) is 2.93. The van der Waals surface area contributed by atoms with Crippen LogP contribution in [0.3, 0.4) is 0 Å². The molecule has 7 nitrogen and oxygen atoms in total. The molecule has 0 saturated carbocycles. The van der Waals surface area contributed by atoms with Crippen LogP contribution in [0.4, 0.5) is 0 Å². The van der Waals surface area contributed by atoms with Crippen LogP contribution >= 0.6 is 0 Å². The molecule has 0 radical (unpaired) electrons. The van der Waals surface area contributed by atoms with Gasteiger partial charge in [0.1, 0.15) is 5.69 Å². The van der Waals surface area contributed by atoms with Gasteiger partial charge in [0, 0.05) is 18.1 Å². The van der Waals surface area contributed by atoms with E-state index in [-0.39, 0.29) is 11.6 Å². The lowest BCUT2D eigenvalue weighted by molar-refractivity contribution is -0.345. The monoisotopic (exact) mass is 325 g/mol. The van der Waals surface area contributed by atoms with E-state index in [0.29, 0.717) is 11.1 Å². The Morgan fingerprint density at radius 3 is 2.61 bits per heavy atom. The molecule has 0 aliphatic carbocycles. The van der Waals surface area contributed by atoms with Gasteiger partial charge in [-0.05, 0) is 20.8 Å². The van der Waals surface area contributed by atoms with Crippen molar-refractivity contribution in [2.45, 2.75) is 53.0 Å². The third-order valence-corrected chi connectivity index (χ3v) is 2.93. The van der Waals surface area contributed by atoms with Crippen molar-refractivity contribution >= 4 is 17.1 Å². The Balaban J connectivity index is 2.01. The largest absolute Gasteiger partial charge is 0.463 e. The first kappa shape index (κ1) is 17.5. The second-order valence-corrected chi connectivity index (χ2v) is 6.57. The van der Waals surface area contributed by atoms with Crippen molar-refractivity contribution in [3.05, 3.63) is 24.1 Å². The summed E-state index contributed by atoms with van der Waals surface area (Å²) in [6.45, 7) is 7.47. The maximum Gasteiger partial charge on any atom is 0.357 e. The summed E-state index contributed by atoms with van der Waals surface area (Å²) in [7, 11) is 0. The Labute approximate surface area is 134 Å². The summed E-state index contributed by atoms with van der Waals surface area (Å²) in [5.41, 5.74) is 0.930. The number of esters is 1. The molecule has 0 aromatic carbocycles. The molecule has 7 heteroatoms. The molecule has 2 rings (SSSR count). The first-order valence-corrected chi connectivity index (χ1v) is 7.44. The fraction of sp³-hybridized carbons (Fsp3) is 0.562. The lowest BCUT2D eigenvalue weighted by Gasteiger charge is -2.28. The van der Waals surface area contributed by atoms with Crippen LogP contribution in [0.5, 0.6) is 0 Å². The maximum atomic E-state index is 12.2. The zero-order chi connectivity index (χ0) is 17.2. The molecular weight excluding hydrogens is 302 g/mol. The van der Waals surface area contributed by atoms with E-state index in [4.69, 9.17) is 18.6 Å². The minimum absolute atomic E-state index is 0.171. The van der Waals surface area contributed by atoms with Gasteiger partial charge in [0.15, 0.2) is 5.58 Å². The molecular formula is C16H23NO6. The quantitative estimate of drug-likeness (QED) is 0.626. The molecule has 128 valence electrons. The van der Waals surface area contributed by atoms with Crippen LogP contribution in [0.1, 0.15) is 45.1 Å². The van der Waals surface area contributed by atoms with Crippen molar-refractivity contribution in [1.29, 1.82) is 0 Å². The van der Waals surface area contributed by atoms with Crippen molar-refractivity contribution in [2.24, 2.45) is 5.92 Å². The first-order chi connectivity index (χ1) is 10.7. The van der Waals surface area contributed by atoms with Gasteiger partial charge in [0.25, 0.3) is 6.48 Å². The molecule has 2 atom stereocenters. The Morgan fingerprint density at radius 2 is 2.04 bits per heavy atom. The van der Waals surface area contributed by atoms with Gasteiger partial charge in [-0.1, -0.05) is 13.8 Å². The molecule has 0 fully saturated rings. The summed E-state index contributed by atoms with van der Waals surface area (Å²) in [4.78, 5) is 15.1. The second-order valence-electron chi connectivity index (χ2n) is 6.57. The normalized spacial score (nSPS) is 15.1. The van der Waals surface area contributed by atoms with Crippen LogP contribution in [0.15, 0.2) is 22.8 Å². The molecule has 0 bridgehead atoms. The first-order valence-electron chi connectivity index (χ1n) is 7.44. The average molecular weight is 325 g/mol. The van der Waals surface area contributed by atoms with Gasteiger partial charge in [0.05, 0.1) is 17.4 Å². The van der Waals surface area contributed by atoms with Crippen LogP contribution in [0.2, 0.25) is 0 Å². The van der Waals surface area contributed by atoms with E-state index < -0.39 is 24.3 Å². The van der Waals surface area contributed by atoms with E-state index >= 15 is 0 Å². The fourth-order valence-electron chi connectivity index (χ4n) is 1.89. The van der Waals surface area contributed by atoms with Crippen molar-refractivity contribution in [2.75, 3.05) is 0 Å². The van der Waals surface area contributed by atoms with Gasteiger partial charge >= 0.3 is 5.97 Å². The van der Waals surface area contributed by atoms with Gasteiger partial charge in [-0.2, -0.15) is 0 Å². The number of fused-ring (bicyclic) bond motifs is 1. The van der Waals surface area contributed by atoms with E-state index in [1.54, 1.807) is 32.9 Å². The highest BCUT2D eigenvalue weighted by molar-refractivity contribution is 5.93. The van der Waals surface area contributed by atoms with Crippen molar-refractivity contribution in [3.63, 3.8) is 0 Å². The molecule has 2 unspecified atom stereocenters. The zero-order valence-electron chi connectivity index (χ0n) is 14.0. The Hall–Kier alpha value is -1.83. The molecule has 2 N–H and O–H groups in total. The molecule has 2 aromatic heterocycles. The molecule has 0 aliphatic rings. The molecule has 0 amide bonds. The molecule has 0 aliphatic heterocycles. The SMILES string of the molecule is CC(C)C(OC(=O)c1cc2occc2[nH]1)OC(O)OC(C)(C)C. The number of furan rings is 1. The minimum Gasteiger partial charge on any atom is -0.463 e. The van der Waals surface area contributed by atoms with Gasteiger partial charge in [0.2, 0.25) is 6.29 Å². The number of carbonyl (C=O) groups excluding carboxylic acids is 1. The molecule has 23 heavy (non-hydrogen) atoms. The van der Waals surface area contributed by atoms with Gasteiger partial charge in [-0.15, -0.1) is 0 Å². The van der Waals surface area contributed by atoms with Crippen LogP contribution in [-0.2, 0) is 14.2 Å². The summed E-state index contributed by atoms with van der Waals surface area (Å²) in [6, 6.07) is 3.26. The Morgan fingerprint density at radius 1 is 1.35 bits per heavy atom. The highest BCUT2D eigenvalue weighted by Gasteiger charge is 2.27. The molecule has 0 saturated heterocycles. The summed E-state index contributed by atoms with van der Waals surface area (Å²) in [5, 5.41) is 9.81. The standard InChI is InChI=1S/C16H23NO6/c1-9(2)14(22-15(19)23-16(3,4)5)21-13(18)11-8-12-10(17-11)6-7-20-12/h6-9,14-15,17,19H,1-5H3. The van der Waals surface area contributed by atoms with Crippen LogP contribution in [-0.4, -0.2) is 34.4 Å². The smallest absolute Gasteiger partial charge is 0.357 e. The predicted molar refractivity (Wildman–Crippen MR) is 82.5 cm³/mol. The molecule has 2 aromatic rings. The van der Waals surface area contributed by atoms with Gasteiger partial charge in [-0.3, -0.25) is 4.74 Å². The number of hydrogen-bond donors (Lipinski definition) is 2. The minimum atomic E-state index is -1.49. The van der Waals surface area contributed by atoms with E-state index in [2.05, 4.69) is 4.98 Å². The number of carbonyl (C=O) groups is 1. The number of H-pyrrole nitrogens is 1.